The van der Waals surface area contributed by atoms with E-state index in [-0.39, 0.29) is 24.8 Å². The molecule has 0 bridgehead atoms. The molecule has 0 radical (unpaired) electrons. The predicted molar refractivity (Wildman–Crippen MR) is 149 cm³/mol. The van der Waals surface area contributed by atoms with Gasteiger partial charge in [-0.2, -0.15) is 0 Å². The predicted octanol–water partition coefficient (Wildman–Crippen LogP) is 2.78. The number of nitrogens with zero attached hydrogens (tertiary/aromatic N) is 1. The number of carbonyl (C=O) groups excluding carboxylic acids is 3. The summed E-state index contributed by atoms with van der Waals surface area (Å²) in [4.78, 5) is 45.5. The minimum Gasteiger partial charge on any atom is -0.394 e. The number of carbonyl (C=O) groups is 3. The first kappa shape index (κ1) is 32.4. The maximum atomic E-state index is 13.7. The first-order chi connectivity index (χ1) is 18.6. The Hall–Kier alpha value is -2.79. The Morgan fingerprint density at radius 2 is 1.82 bits per heavy atom. The zero-order chi connectivity index (χ0) is 28.8. The van der Waals surface area contributed by atoms with Crippen molar-refractivity contribution in [2.75, 3.05) is 19.8 Å². The fourth-order valence-corrected chi connectivity index (χ4v) is 4.38. The normalized spacial score (nSPS) is 18.1. The van der Waals surface area contributed by atoms with Gasteiger partial charge in [0.25, 0.3) is 5.91 Å². The first-order valence-electron chi connectivity index (χ1n) is 13.9. The van der Waals surface area contributed by atoms with Crippen LogP contribution in [-0.2, 0) is 24.0 Å². The Morgan fingerprint density at radius 1 is 1.10 bits per heavy atom. The summed E-state index contributed by atoms with van der Waals surface area (Å²) >= 11 is 0. The smallest absolute Gasteiger partial charge is 0.260 e. The summed E-state index contributed by atoms with van der Waals surface area (Å²) in [6, 6.07) is 8.52. The highest BCUT2D eigenvalue weighted by Crippen LogP contribution is 2.26. The van der Waals surface area contributed by atoms with E-state index in [0.29, 0.717) is 19.4 Å². The molecule has 1 aromatic carbocycles. The number of ether oxygens (including phenoxy) is 1. The molecule has 0 spiro atoms. The van der Waals surface area contributed by atoms with E-state index in [1.807, 2.05) is 70.2 Å². The number of hydrogen-bond acceptors (Lipinski definition) is 7. The number of hydrogen-bond donors (Lipinski definition) is 4. The Bertz CT molecular complexity index is 918. The summed E-state index contributed by atoms with van der Waals surface area (Å²) in [5.41, 5.74) is 12.0. The highest BCUT2D eigenvalue weighted by molar-refractivity contribution is 5.90. The molecule has 3 amide bonds. The second kappa shape index (κ2) is 17.0. The van der Waals surface area contributed by atoms with Crippen molar-refractivity contribution in [1.29, 1.82) is 0 Å². The van der Waals surface area contributed by atoms with Crippen LogP contribution < -0.4 is 16.6 Å². The minimum absolute atomic E-state index is 0.0282. The number of hydrazine groups is 1. The fraction of sp³-hybridized carbons (Fsp3) is 0.621. The number of allylic oxidation sites excluding steroid dienone is 1. The molecule has 1 aromatic rings. The van der Waals surface area contributed by atoms with Crippen LogP contribution in [0.3, 0.4) is 0 Å². The van der Waals surface area contributed by atoms with Crippen molar-refractivity contribution >= 4 is 23.8 Å². The molecule has 1 aliphatic heterocycles. The van der Waals surface area contributed by atoms with Crippen LogP contribution in [-0.4, -0.2) is 59.9 Å². The Balaban J connectivity index is 2.29. The summed E-state index contributed by atoms with van der Waals surface area (Å²) in [5.74, 6) is -2.93. The summed E-state index contributed by atoms with van der Waals surface area (Å²) in [6.07, 6.45) is 6.49. The number of nitrogens with one attached hydrogen (secondary N) is 2. The number of amides is 3. The standard InChI is InChI=1S/C29H46N4O6/c1-20(2)17-24(27(35)31-33(18-21(3)4)29(37)25(30)19-34)23(14-10-13-22-11-6-5-7-12-22)28(36)32-39-26-15-8-9-16-38-26/h5-7,10-13,20-21,23-26,34H,8-9,14-19,30H2,1-4H3,(H,31,35)(H,32,36)/t23-,24+,25+,26?/m0/s1. The van der Waals surface area contributed by atoms with Gasteiger partial charge < -0.3 is 15.6 Å². The zero-order valence-electron chi connectivity index (χ0n) is 23.7. The molecule has 2 rings (SSSR count). The first-order valence-corrected chi connectivity index (χ1v) is 13.9. The topological polar surface area (TPSA) is 143 Å². The third kappa shape index (κ3) is 11.5. The van der Waals surface area contributed by atoms with Gasteiger partial charge in [0.15, 0.2) is 6.29 Å². The number of aliphatic hydroxyl groups excluding tert-OH is 1. The van der Waals surface area contributed by atoms with E-state index in [0.717, 1.165) is 23.4 Å². The molecule has 0 aliphatic carbocycles. The van der Waals surface area contributed by atoms with Crippen molar-refractivity contribution in [1.82, 2.24) is 15.9 Å². The van der Waals surface area contributed by atoms with Crippen molar-refractivity contribution in [3.8, 4) is 0 Å². The van der Waals surface area contributed by atoms with Crippen LogP contribution in [0.4, 0.5) is 0 Å². The molecule has 0 aromatic heterocycles. The van der Waals surface area contributed by atoms with Gasteiger partial charge in [-0.3, -0.25) is 24.8 Å². The maximum absolute atomic E-state index is 13.7. The largest absolute Gasteiger partial charge is 0.394 e. The van der Waals surface area contributed by atoms with Crippen LogP contribution in [0.1, 0.15) is 65.4 Å². The molecule has 1 aliphatic rings. The van der Waals surface area contributed by atoms with Gasteiger partial charge in [-0.05, 0) is 43.1 Å². The van der Waals surface area contributed by atoms with Crippen LogP contribution in [0.5, 0.6) is 0 Å². The molecule has 10 nitrogen and oxygen atoms in total. The monoisotopic (exact) mass is 546 g/mol. The van der Waals surface area contributed by atoms with Crippen molar-refractivity contribution in [2.24, 2.45) is 29.4 Å². The second-order valence-corrected chi connectivity index (χ2v) is 10.9. The van der Waals surface area contributed by atoms with E-state index >= 15 is 0 Å². The van der Waals surface area contributed by atoms with Crippen molar-refractivity contribution in [3.63, 3.8) is 0 Å². The van der Waals surface area contributed by atoms with E-state index in [9.17, 15) is 19.5 Å². The van der Waals surface area contributed by atoms with E-state index in [1.165, 1.54) is 0 Å². The molecule has 1 unspecified atom stereocenters. The lowest BCUT2D eigenvalue weighted by molar-refractivity contribution is -0.203. The number of hydroxylamine groups is 1. The molecule has 39 heavy (non-hydrogen) atoms. The number of nitrogens with two attached hydrogens (primary N) is 1. The van der Waals surface area contributed by atoms with E-state index in [1.54, 1.807) is 0 Å². The molecule has 1 fully saturated rings. The molecule has 0 saturated carbocycles. The summed E-state index contributed by atoms with van der Waals surface area (Å²) in [5, 5.41) is 10.6. The molecular formula is C29H46N4O6. The van der Waals surface area contributed by atoms with Crippen LogP contribution in [0.2, 0.25) is 0 Å². The van der Waals surface area contributed by atoms with Gasteiger partial charge in [-0.25, -0.2) is 10.3 Å². The van der Waals surface area contributed by atoms with Crippen molar-refractivity contribution in [2.45, 2.75) is 72.1 Å². The molecular weight excluding hydrogens is 500 g/mol. The maximum Gasteiger partial charge on any atom is 0.260 e. The van der Waals surface area contributed by atoms with Crippen LogP contribution in [0, 0.1) is 23.7 Å². The van der Waals surface area contributed by atoms with Gasteiger partial charge in [-0.1, -0.05) is 70.2 Å². The molecule has 218 valence electrons. The second-order valence-electron chi connectivity index (χ2n) is 10.9. The van der Waals surface area contributed by atoms with Gasteiger partial charge in [0, 0.05) is 19.6 Å². The fourth-order valence-electron chi connectivity index (χ4n) is 4.38. The zero-order valence-corrected chi connectivity index (χ0v) is 23.7. The van der Waals surface area contributed by atoms with Gasteiger partial charge in [0.2, 0.25) is 11.8 Å². The summed E-state index contributed by atoms with van der Waals surface area (Å²) in [6.45, 7) is 7.97. The van der Waals surface area contributed by atoms with Crippen LogP contribution >= 0.6 is 0 Å². The van der Waals surface area contributed by atoms with E-state index < -0.39 is 48.5 Å². The van der Waals surface area contributed by atoms with Gasteiger partial charge in [-0.15, -0.1) is 0 Å². The lowest BCUT2D eigenvalue weighted by Gasteiger charge is -2.32. The number of aliphatic hydroxyl groups is 1. The molecule has 10 heteroatoms. The molecule has 4 atom stereocenters. The van der Waals surface area contributed by atoms with E-state index in [4.69, 9.17) is 15.3 Å². The Labute approximate surface area is 232 Å². The average molecular weight is 547 g/mol. The third-order valence-electron chi connectivity index (χ3n) is 6.39. The van der Waals surface area contributed by atoms with Gasteiger partial charge in [0.05, 0.1) is 18.4 Å². The highest BCUT2D eigenvalue weighted by Gasteiger charge is 2.36. The SMILES string of the molecule is CC(C)C[C@@H](C(=O)NN(CC(C)C)C(=O)[C@H](N)CO)[C@H](CC=Cc1ccccc1)C(=O)NOC1CCCCO1. The lowest BCUT2D eigenvalue weighted by atomic mass is 9.82. The van der Waals surface area contributed by atoms with Crippen molar-refractivity contribution < 1.29 is 29.1 Å². The summed E-state index contributed by atoms with van der Waals surface area (Å²) in [7, 11) is 0. The molecule has 1 heterocycles. The average Bonchev–Trinajstić information content (AvgIpc) is 2.92. The molecule has 1 saturated heterocycles. The number of rotatable bonds is 14. The molecule has 5 N–H and O–H groups in total. The summed E-state index contributed by atoms with van der Waals surface area (Å²) < 4.78 is 5.56. The van der Waals surface area contributed by atoms with Crippen LogP contribution in [0.15, 0.2) is 36.4 Å². The number of benzene rings is 1. The van der Waals surface area contributed by atoms with Gasteiger partial charge in [0.1, 0.15) is 6.04 Å². The van der Waals surface area contributed by atoms with Gasteiger partial charge >= 0.3 is 0 Å². The Morgan fingerprint density at radius 3 is 2.41 bits per heavy atom. The quantitative estimate of drug-likeness (QED) is 0.263. The third-order valence-corrected chi connectivity index (χ3v) is 6.39. The van der Waals surface area contributed by atoms with Crippen molar-refractivity contribution in [3.05, 3.63) is 42.0 Å². The van der Waals surface area contributed by atoms with Crippen LogP contribution in [0.25, 0.3) is 6.08 Å². The highest BCUT2D eigenvalue weighted by atomic mass is 16.8. The van der Waals surface area contributed by atoms with E-state index in [2.05, 4.69) is 10.9 Å². The minimum atomic E-state index is -1.16. The Kier molecular flexibility index (Phi) is 14.1. The lowest BCUT2D eigenvalue weighted by Crippen LogP contribution is -2.57.